The molecule has 1 N–H and O–H groups in total. The first-order valence-electron chi connectivity index (χ1n) is 5.72. The van der Waals surface area contributed by atoms with Crippen LogP contribution < -0.4 is 5.32 Å². The number of hydrogen-bond acceptors (Lipinski definition) is 2. The lowest BCUT2D eigenvalue weighted by Gasteiger charge is -2.20. The summed E-state index contributed by atoms with van der Waals surface area (Å²) in [5.74, 6) is 0. The van der Waals surface area contributed by atoms with Crippen molar-refractivity contribution in [1.29, 1.82) is 0 Å². The van der Waals surface area contributed by atoms with Crippen molar-refractivity contribution in [2.45, 2.75) is 25.9 Å². The molecule has 0 bridgehead atoms. The van der Waals surface area contributed by atoms with Crippen LogP contribution in [0.1, 0.15) is 36.4 Å². The Bertz CT molecular complexity index is 466. The fourth-order valence-corrected chi connectivity index (χ4v) is 3.64. The van der Waals surface area contributed by atoms with E-state index in [1.807, 2.05) is 0 Å². The van der Waals surface area contributed by atoms with Crippen LogP contribution >= 0.6 is 27.3 Å². The predicted octanol–water partition coefficient (Wildman–Crippen LogP) is 4.92. The van der Waals surface area contributed by atoms with Gasteiger partial charge < -0.3 is 5.32 Å². The first-order chi connectivity index (χ1) is 8.18. The van der Waals surface area contributed by atoms with E-state index in [-0.39, 0.29) is 0 Å². The van der Waals surface area contributed by atoms with E-state index in [9.17, 15) is 0 Å². The second-order valence-electron chi connectivity index (χ2n) is 4.15. The van der Waals surface area contributed by atoms with E-state index in [1.165, 1.54) is 14.9 Å². The molecule has 1 aromatic heterocycles. The van der Waals surface area contributed by atoms with Gasteiger partial charge in [-0.15, -0.1) is 11.3 Å². The van der Waals surface area contributed by atoms with E-state index >= 15 is 0 Å². The summed E-state index contributed by atoms with van der Waals surface area (Å²) in [5, 5.41) is 5.74. The second kappa shape index (κ2) is 5.80. The summed E-state index contributed by atoms with van der Waals surface area (Å²) in [6, 6.07) is 13.4. The molecule has 90 valence electrons. The highest BCUT2D eigenvalue weighted by atomic mass is 79.9. The molecule has 2 atom stereocenters. The summed E-state index contributed by atoms with van der Waals surface area (Å²) < 4.78 is 1.20. The summed E-state index contributed by atoms with van der Waals surface area (Å²) in [6.07, 6.45) is 0. The molecular formula is C14H16BrNS. The molecule has 0 aliphatic rings. The van der Waals surface area contributed by atoms with Crippen LogP contribution in [0.15, 0.2) is 46.3 Å². The zero-order valence-corrected chi connectivity index (χ0v) is 12.4. The van der Waals surface area contributed by atoms with E-state index in [4.69, 9.17) is 0 Å². The molecule has 0 radical (unpaired) electrons. The predicted molar refractivity (Wildman–Crippen MR) is 78.4 cm³/mol. The molecule has 1 unspecified atom stereocenters. The Morgan fingerprint density at radius 3 is 2.35 bits per heavy atom. The van der Waals surface area contributed by atoms with Gasteiger partial charge in [-0.05, 0) is 46.8 Å². The highest BCUT2D eigenvalue weighted by Gasteiger charge is 2.14. The summed E-state index contributed by atoms with van der Waals surface area (Å²) in [5.41, 5.74) is 1.33. The van der Waals surface area contributed by atoms with Gasteiger partial charge in [0.2, 0.25) is 0 Å². The van der Waals surface area contributed by atoms with Crippen LogP contribution in [0.5, 0.6) is 0 Å². The molecule has 2 rings (SSSR count). The van der Waals surface area contributed by atoms with Gasteiger partial charge in [0, 0.05) is 21.4 Å². The van der Waals surface area contributed by atoms with Gasteiger partial charge in [-0.1, -0.05) is 30.3 Å². The lowest BCUT2D eigenvalue weighted by atomic mass is 10.1. The van der Waals surface area contributed by atoms with Gasteiger partial charge in [-0.3, -0.25) is 0 Å². The molecule has 0 fully saturated rings. The van der Waals surface area contributed by atoms with Crippen LogP contribution in [0.4, 0.5) is 0 Å². The molecule has 1 nitrogen and oxygen atoms in total. The molecular weight excluding hydrogens is 294 g/mol. The fourth-order valence-electron chi connectivity index (χ4n) is 1.90. The third-order valence-electron chi connectivity index (χ3n) is 2.84. The van der Waals surface area contributed by atoms with Crippen molar-refractivity contribution >= 4 is 27.3 Å². The van der Waals surface area contributed by atoms with Crippen molar-refractivity contribution in [3.63, 3.8) is 0 Å². The van der Waals surface area contributed by atoms with Crippen LogP contribution in [0.2, 0.25) is 0 Å². The SMILES string of the molecule is CC(N[C@H](C)c1ccccc1)c1sccc1Br. The van der Waals surface area contributed by atoms with Crippen LogP contribution in [0, 0.1) is 0 Å². The van der Waals surface area contributed by atoms with Crippen molar-refractivity contribution in [2.75, 3.05) is 0 Å². The molecule has 2 aromatic rings. The zero-order chi connectivity index (χ0) is 12.3. The Hall–Kier alpha value is -0.640. The normalized spacial score (nSPS) is 14.5. The van der Waals surface area contributed by atoms with Gasteiger partial charge in [-0.2, -0.15) is 0 Å². The molecule has 17 heavy (non-hydrogen) atoms. The Kier molecular flexibility index (Phi) is 4.37. The van der Waals surface area contributed by atoms with E-state index in [2.05, 4.69) is 76.9 Å². The number of thiophene rings is 1. The van der Waals surface area contributed by atoms with Crippen molar-refractivity contribution in [2.24, 2.45) is 0 Å². The third-order valence-corrected chi connectivity index (χ3v) is 4.89. The summed E-state index contributed by atoms with van der Waals surface area (Å²) in [4.78, 5) is 1.35. The number of nitrogens with one attached hydrogen (secondary N) is 1. The topological polar surface area (TPSA) is 12.0 Å². The quantitative estimate of drug-likeness (QED) is 0.845. The maximum absolute atomic E-state index is 3.62. The molecule has 0 saturated carbocycles. The number of halogens is 1. The second-order valence-corrected chi connectivity index (χ2v) is 5.96. The van der Waals surface area contributed by atoms with Crippen molar-refractivity contribution in [3.05, 3.63) is 56.7 Å². The van der Waals surface area contributed by atoms with E-state index in [1.54, 1.807) is 11.3 Å². The number of benzene rings is 1. The van der Waals surface area contributed by atoms with Crippen LogP contribution in [-0.4, -0.2) is 0 Å². The Morgan fingerprint density at radius 2 is 1.76 bits per heavy atom. The van der Waals surface area contributed by atoms with Crippen molar-refractivity contribution in [3.8, 4) is 0 Å². The van der Waals surface area contributed by atoms with Gasteiger partial charge in [0.15, 0.2) is 0 Å². The molecule has 1 heterocycles. The lowest BCUT2D eigenvalue weighted by molar-refractivity contribution is 0.499. The highest BCUT2D eigenvalue weighted by molar-refractivity contribution is 9.10. The summed E-state index contributed by atoms with van der Waals surface area (Å²) in [7, 11) is 0. The minimum atomic E-state index is 0.361. The van der Waals surface area contributed by atoms with E-state index < -0.39 is 0 Å². The van der Waals surface area contributed by atoms with Crippen LogP contribution in [0.3, 0.4) is 0 Å². The number of hydrogen-bond donors (Lipinski definition) is 1. The van der Waals surface area contributed by atoms with Gasteiger partial charge in [0.05, 0.1) is 0 Å². The maximum atomic E-state index is 3.62. The van der Waals surface area contributed by atoms with Crippen molar-refractivity contribution in [1.82, 2.24) is 5.32 Å². The Morgan fingerprint density at radius 1 is 1.06 bits per heavy atom. The lowest BCUT2D eigenvalue weighted by Crippen LogP contribution is -2.21. The molecule has 0 spiro atoms. The largest absolute Gasteiger partial charge is 0.303 e. The monoisotopic (exact) mass is 309 g/mol. The summed E-state index contributed by atoms with van der Waals surface area (Å²) >= 11 is 5.37. The van der Waals surface area contributed by atoms with Crippen molar-refractivity contribution < 1.29 is 0 Å². The summed E-state index contributed by atoms with van der Waals surface area (Å²) in [6.45, 7) is 4.41. The molecule has 3 heteroatoms. The van der Waals surface area contributed by atoms with Gasteiger partial charge in [0.1, 0.15) is 0 Å². The van der Waals surface area contributed by atoms with E-state index in [0.717, 1.165) is 0 Å². The molecule has 0 saturated heterocycles. The average molecular weight is 310 g/mol. The zero-order valence-electron chi connectivity index (χ0n) is 9.98. The molecule has 0 aliphatic heterocycles. The van der Waals surface area contributed by atoms with Gasteiger partial charge >= 0.3 is 0 Å². The molecule has 1 aromatic carbocycles. The Labute approximate surface area is 115 Å². The third kappa shape index (κ3) is 3.18. The van der Waals surface area contributed by atoms with Crippen LogP contribution in [0.25, 0.3) is 0 Å². The Balaban J connectivity index is 2.05. The van der Waals surface area contributed by atoms with Crippen LogP contribution in [-0.2, 0) is 0 Å². The highest BCUT2D eigenvalue weighted by Crippen LogP contribution is 2.30. The fraction of sp³-hybridized carbons (Fsp3) is 0.286. The minimum absolute atomic E-state index is 0.361. The first-order valence-corrected chi connectivity index (χ1v) is 7.39. The molecule has 0 amide bonds. The first kappa shape index (κ1) is 12.8. The minimum Gasteiger partial charge on any atom is -0.303 e. The van der Waals surface area contributed by atoms with E-state index in [0.29, 0.717) is 12.1 Å². The average Bonchev–Trinajstić information content (AvgIpc) is 2.76. The molecule has 0 aliphatic carbocycles. The standard InChI is InChI=1S/C14H16BrNS/c1-10(12-6-4-3-5-7-12)16-11(2)14-13(15)8-9-17-14/h3-11,16H,1-2H3/t10-,11?/m1/s1. The van der Waals surface area contributed by atoms with Gasteiger partial charge in [0.25, 0.3) is 0 Å². The maximum Gasteiger partial charge on any atom is 0.0402 e. The van der Waals surface area contributed by atoms with Gasteiger partial charge in [-0.25, -0.2) is 0 Å². The smallest absolute Gasteiger partial charge is 0.0402 e. The number of rotatable bonds is 4.